The Kier molecular flexibility index (Phi) is 3.53. The Balaban J connectivity index is 2.51. The standard InChI is InChI=1S/C10H20O2/c1-10(7-11,8-12)9-5-3-2-4-6-9/h9,11-12H,2-8H2,1H3. The number of hydrogen-bond acceptors (Lipinski definition) is 2. The molecule has 2 heteroatoms. The lowest BCUT2D eigenvalue weighted by Gasteiger charge is -2.37. The normalized spacial score (nSPS) is 21.2. The van der Waals surface area contributed by atoms with Gasteiger partial charge in [-0.3, -0.25) is 0 Å². The van der Waals surface area contributed by atoms with E-state index >= 15 is 0 Å². The van der Waals surface area contributed by atoms with Crippen molar-refractivity contribution >= 4 is 0 Å². The van der Waals surface area contributed by atoms with Crippen LogP contribution < -0.4 is 0 Å². The minimum atomic E-state index is -0.236. The van der Waals surface area contributed by atoms with Gasteiger partial charge in [0, 0.05) is 5.41 Å². The second-order valence-electron chi connectivity index (χ2n) is 4.31. The van der Waals surface area contributed by atoms with Crippen LogP contribution >= 0.6 is 0 Å². The van der Waals surface area contributed by atoms with Gasteiger partial charge in [0.25, 0.3) is 0 Å². The molecule has 2 N–H and O–H groups in total. The minimum Gasteiger partial charge on any atom is -0.396 e. The summed E-state index contributed by atoms with van der Waals surface area (Å²) in [4.78, 5) is 0. The molecule has 0 aromatic heterocycles. The molecule has 0 aromatic carbocycles. The fraction of sp³-hybridized carbons (Fsp3) is 1.00. The summed E-state index contributed by atoms with van der Waals surface area (Å²) in [5, 5.41) is 18.4. The topological polar surface area (TPSA) is 40.5 Å². The van der Waals surface area contributed by atoms with Crippen molar-refractivity contribution in [2.75, 3.05) is 13.2 Å². The van der Waals surface area contributed by atoms with E-state index in [9.17, 15) is 10.2 Å². The molecule has 0 atom stereocenters. The van der Waals surface area contributed by atoms with Crippen LogP contribution in [0.2, 0.25) is 0 Å². The van der Waals surface area contributed by atoms with Gasteiger partial charge in [0.2, 0.25) is 0 Å². The second-order valence-corrected chi connectivity index (χ2v) is 4.31. The van der Waals surface area contributed by atoms with Gasteiger partial charge < -0.3 is 10.2 Å². The average molecular weight is 172 g/mol. The van der Waals surface area contributed by atoms with Crippen LogP contribution in [-0.4, -0.2) is 23.4 Å². The maximum absolute atomic E-state index is 9.18. The molecule has 0 heterocycles. The second kappa shape index (κ2) is 4.24. The highest BCUT2D eigenvalue weighted by atomic mass is 16.3. The number of hydrogen-bond donors (Lipinski definition) is 2. The highest BCUT2D eigenvalue weighted by Crippen LogP contribution is 2.37. The van der Waals surface area contributed by atoms with Gasteiger partial charge in [0.05, 0.1) is 13.2 Å². The van der Waals surface area contributed by atoms with Crippen molar-refractivity contribution in [3.63, 3.8) is 0 Å². The zero-order valence-corrected chi connectivity index (χ0v) is 7.92. The van der Waals surface area contributed by atoms with Crippen LogP contribution in [0.1, 0.15) is 39.0 Å². The molecule has 0 aromatic rings. The molecule has 2 nitrogen and oxygen atoms in total. The first-order valence-electron chi connectivity index (χ1n) is 4.94. The molecule has 0 amide bonds. The summed E-state index contributed by atoms with van der Waals surface area (Å²) < 4.78 is 0. The van der Waals surface area contributed by atoms with Crippen molar-refractivity contribution in [1.29, 1.82) is 0 Å². The molecule has 0 unspecified atom stereocenters. The van der Waals surface area contributed by atoms with E-state index in [1.54, 1.807) is 0 Å². The van der Waals surface area contributed by atoms with E-state index in [0.29, 0.717) is 5.92 Å². The minimum absolute atomic E-state index is 0.119. The average Bonchev–Trinajstić information content (AvgIpc) is 2.18. The summed E-state index contributed by atoms with van der Waals surface area (Å²) in [6.45, 7) is 2.23. The molecule has 1 aliphatic carbocycles. The lowest BCUT2D eigenvalue weighted by Crippen LogP contribution is -2.36. The van der Waals surface area contributed by atoms with E-state index in [-0.39, 0.29) is 18.6 Å². The van der Waals surface area contributed by atoms with Crippen molar-refractivity contribution in [3.05, 3.63) is 0 Å². The van der Waals surface area contributed by atoms with Crippen molar-refractivity contribution in [1.82, 2.24) is 0 Å². The molecule has 0 radical (unpaired) electrons. The summed E-state index contributed by atoms with van der Waals surface area (Å²) in [6.07, 6.45) is 6.21. The van der Waals surface area contributed by atoms with Gasteiger partial charge in [0.15, 0.2) is 0 Å². The van der Waals surface area contributed by atoms with Crippen LogP contribution in [0, 0.1) is 11.3 Å². The zero-order chi connectivity index (χ0) is 9.03. The van der Waals surface area contributed by atoms with Crippen LogP contribution in [-0.2, 0) is 0 Å². The summed E-state index contributed by atoms with van der Waals surface area (Å²) in [5.74, 6) is 0.529. The van der Waals surface area contributed by atoms with Gasteiger partial charge >= 0.3 is 0 Å². The molecule has 0 bridgehead atoms. The maximum Gasteiger partial charge on any atom is 0.0509 e. The van der Waals surface area contributed by atoms with E-state index in [1.165, 1.54) is 32.1 Å². The lowest BCUT2D eigenvalue weighted by molar-refractivity contribution is 0.00450. The van der Waals surface area contributed by atoms with Crippen LogP contribution in [0.4, 0.5) is 0 Å². The summed E-state index contributed by atoms with van der Waals surface area (Å²) >= 11 is 0. The van der Waals surface area contributed by atoms with Gasteiger partial charge in [-0.25, -0.2) is 0 Å². The van der Waals surface area contributed by atoms with Gasteiger partial charge in [-0.05, 0) is 18.8 Å². The van der Waals surface area contributed by atoms with E-state index in [1.807, 2.05) is 6.92 Å². The number of rotatable bonds is 3. The predicted octanol–water partition coefficient (Wildman–Crippen LogP) is 1.56. The first kappa shape index (κ1) is 10.0. The Morgan fingerprint density at radius 3 is 2.00 bits per heavy atom. The van der Waals surface area contributed by atoms with Crippen molar-refractivity contribution in [2.24, 2.45) is 11.3 Å². The Labute approximate surface area is 74.6 Å². The van der Waals surface area contributed by atoms with Gasteiger partial charge in [-0.1, -0.05) is 26.2 Å². The lowest BCUT2D eigenvalue weighted by atomic mass is 9.71. The highest BCUT2D eigenvalue weighted by molar-refractivity contribution is 4.83. The molecule has 0 saturated heterocycles. The number of aliphatic hydroxyl groups is 2. The molecule has 72 valence electrons. The van der Waals surface area contributed by atoms with Crippen molar-refractivity contribution in [2.45, 2.75) is 39.0 Å². The Bertz CT molecular complexity index is 124. The molecule has 0 spiro atoms. The van der Waals surface area contributed by atoms with Crippen LogP contribution in [0.15, 0.2) is 0 Å². The van der Waals surface area contributed by atoms with Crippen LogP contribution in [0.5, 0.6) is 0 Å². The van der Waals surface area contributed by atoms with Crippen LogP contribution in [0.25, 0.3) is 0 Å². The molecule has 12 heavy (non-hydrogen) atoms. The van der Waals surface area contributed by atoms with E-state index < -0.39 is 0 Å². The number of aliphatic hydroxyl groups excluding tert-OH is 2. The monoisotopic (exact) mass is 172 g/mol. The van der Waals surface area contributed by atoms with E-state index in [4.69, 9.17) is 0 Å². The first-order chi connectivity index (χ1) is 5.73. The third-order valence-corrected chi connectivity index (χ3v) is 3.31. The molecular formula is C10H20O2. The Hall–Kier alpha value is -0.0800. The van der Waals surface area contributed by atoms with Crippen LogP contribution in [0.3, 0.4) is 0 Å². The molecular weight excluding hydrogens is 152 g/mol. The summed E-state index contributed by atoms with van der Waals surface area (Å²) in [6, 6.07) is 0. The Morgan fingerprint density at radius 2 is 1.58 bits per heavy atom. The SMILES string of the molecule is CC(CO)(CO)C1CCCCC1. The molecule has 1 rings (SSSR count). The third kappa shape index (κ3) is 1.99. The Morgan fingerprint density at radius 1 is 1.08 bits per heavy atom. The maximum atomic E-state index is 9.18. The molecule has 1 aliphatic rings. The molecule has 1 fully saturated rings. The first-order valence-corrected chi connectivity index (χ1v) is 4.94. The van der Waals surface area contributed by atoms with E-state index in [0.717, 1.165) is 0 Å². The van der Waals surface area contributed by atoms with E-state index in [2.05, 4.69) is 0 Å². The smallest absolute Gasteiger partial charge is 0.0509 e. The largest absolute Gasteiger partial charge is 0.396 e. The molecule has 1 saturated carbocycles. The third-order valence-electron chi connectivity index (χ3n) is 3.31. The predicted molar refractivity (Wildman–Crippen MR) is 48.9 cm³/mol. The quantitative estimate of drug-likeness (QED) is 0.678. The van der Waals surface area contributed by atoms with Crippen molar-refractivity contribution in [3.8, 4) is 0 Å². The van der Waals surface area contributed by atoms with Crippen molar-refractivity contribution < 1.29 is 10.2 Å². The fourth-order valence-electron chi connectivity index (χ4n) is 2.11. The van der Waals surface area contributed by atoms with Gasteiger partial charge in [0.1, 0.15) is 0 Å². The van der Waals surface area contributed by atoms with Gasteiger partial charge in [-0.15, -0.1) is 0 Å². The molecule has 0 aliphatic heterocycles. The summed E-state index contributed by atoms with van der Waals surface area (Å²) in [7, 11) is 0. The zero-order valence-electron chi connectivity index (χ0n) is 7.92. The highest BCUT2D eigenvalue weighted by Gasteiger charge is 2.33. The fourth-order valence-corrected chi connectivity index (χ4v) is 2.11. The summed E-state index contributed by atoms with van der Waals surface area (Å²) in [5.41, 5.74) is -0.236. The van der Waals surface area contributed by atoms with Gasteiger partial charge in [-0.2, -0.15) is 0 Å².